The van der Waals surface area contributed by atoms with Crippen molar-refractivity contribution in [2.45, 2.75) is 25.4 Å². The van der Waals surface area contributed by atoms with Gasteiger partial charge in [0.25, 0.3) is 0 Å². The first-order valence-corrected chi connectivity index (χ1v) is 6.91. The van der Waals surface area contributed by atoms with Gasteiger partial charge in [-0.2, -0.15) is 11.8 Å². The van der Waals surface area contributed by atoms with E-state index < -0.39 is 17.6 Å². The number of nitrogens with one attached hydrogen (secondary N) is 1. The van der Waals surface area contributed by atoms with E-state index in [4.69, 9.17) is 9.84 Å². The maximum atomic E-state index is 12.1. The minimum Gasteiger partial charge on any atom is -0.480 e. The van der Waals surface area contributed by atoms with Crippen LogP contribution >= 0.6 is 11.8 Å². The summed E-state index contributed by atoms with van der Waals surface area (Å²) in [6, 6.07) is -1.09. The second-order valence-electron chi connectivity index (χ2n) is 4.87. The molecule has 0 spiro atoms. The van der Waals surface area contributed by atoms with Gasteiger partial charge in [-0.15, -0.1) is 0 Å². The van der Waals surface area contributed by atoms with Crippen molar-refractivity contribution < 1.29 is 19.4 Å². The molecule has 1 aliphatic rings. The van der Waals surface area contributed by atoms with E-state index in [0.717, 1.165) is 5.75 Å². The van der Waals surface area contributed by atoms with Crippen LogP contribution in [-0.4, -0.2) is 65.4 Å². The Bertz CT molecular complexity index is 322. The van der Waals surface area contributed by atoms with Crippen molar-refractivity contribution in [1.82, 2.24) is 10.2 Å². The minimum absolute atomic E-state index is 0.343. The Hall–Kier alpha value is -0.950. The molecular weight excluding hydrogens is 256 g/mol. The molecular formula is C11H20N2O4S. The molecule has 0 radical (unpaired) electrons. The molecule has 1 aliphatic heterocycles. The average Bonchev–Trinajstić information content (AvgIpc) is 2.28. The number of rotatable bonds is 4. The number of methoxy groups -OCH3 is 1. The van der Waals surface area contributed by atoms with Gasteiger partial charge >= 0.3 is 12.0 Å². The highest BCUT2D eigenvalue weighted by Gasteiger charge is 2.34. The summed E-state index contributed by atoms with van der Waals surface area (Å²) < 4.78 is 5.02. The maximum absolute atomic E-state index is 12.1. The molecule has 0 aromatic heterocycles. The lowest BCUT2D eigenvalue weighted by molar-refractivity contribution is -0.141. The number of hydrogen-bond acceptors (Lipinski definition) is 4. The number of hydrogen-bond donors (Lipinski definition) is 2. The third kappa shape index (κ3) is 4.06. The number of carboxylic acids is 1. The maximum Gasteiger partial charge on any atom is 0.327 e. The molecule has 1 heterocycles. The fourth-order valence-electron chi connectivity index (χ4n) is 1.81. The number of thioether (sulfide) groups is 1. The Morgan fingerprint density at radius 1 is 1.56 bits per heavy atom. The zero-order valence-electron chi connectivity index (χ0n) is 10.9. The van der Waals surface area contributed by atoms with Gasteiger partial charge in [-0.1, -0.05) is 0 Å². The van der Waals surface area contributed by atoms with Gasteiger partial charge < -0.3 is 20.1 Å². The van der Waals surface area contributed by atoms with Crippen LogP contribution in [0.1, 0.15) is 13.8 Å². The lowest BCUT2D eigenvalue weighted by atomic mass is 10.1. The number of carboxylic acid groups (broad SMARTS) is 1. The number of carbonyl (C=O) groups excluding carboxylic acids is 1. The van der Waals surface area contributed by atoms with Crippen LogP contribution in [0.15, 0.2) is 0 Å². The molecule has 0 aromatic carbocycles. The van der Waals surface area contributed by atoms with Crippen LogP contribution in [0, 0.1) is 0 Å². The molecule has 6 nitrogen and oxygen atoms in total. The molecule has 104 valence electrons. The highest BCUT2D eigenvalue weighted by atomic mass is 32.2. The van der Waals surface area contributed by atoms with E-state index in [1.165, 1.54) is 4.90 Å². The second-order valence-corrected chi connectivity index (χ2v) is 6.02. The van der Waals surface area contributed by atoms with Crippen LogP contribution in [0.3, 0.4) is 0 Å². The number of amides is 2. The van der Waals surface area contributed by atoms with E-state index in [1.54, 1.807) is 18.9 Å². The topological polar surface area (TPSA) is 78.9 Å². The molecule has 0 aliphatic carbocycles. The zero-order chi connectivity index (χ0) is 13.8. The van der Waals surface area contributed by atoms with Crippen LogP contribution in [-0.2, 0) is 9.53 Å². The molecule has 18 heavy (non-hydrogen) atoms. The van der Waals surface area contributed by atoms with Gasteiger partial charge in [-0.3, -0.25) is 0 Å². The van der Waals surface area contributed by atoms with Crippen molar-refractivity contribution in [3.05, 3.63) is 0 Å². The van der Waals surface area contributed by atoms with E-state index in [1.807, 2.05) is 13.8 Å². The first-order chi connectivity index (χ1) is 8.37. The summed E-state index contributed by atoms with van der Waals surface area (Å²) in [6.45, 7) is 4.50. The molecule has 0 bridgehead atoms. The van der Waals surface area contributed by atoms with Crippen LogP contribution in [0.4, 0.5) is 4.79 Å². The van der Waals surface area contributed by atoms with E-state index in [9.17, 15) is 9.59 Å². The highest BCUT2D eigenvalue weighted by molar-refractivity contribution is 7.99. The van der Waals surface area contributed by atoms with Crippen molar-refractivity contribution in [3.63, 3.8) is 0 Å². The number of aliphatic carboxylic acids is 1. The summed E-state index contributed by atoms with van der Waals surface area (Å²) in [6.07, 6.45) is 0. The molecule has 1 saturated heterocycles. The van der Waals surface area contributed by atoms with E-state index in [0.29, 0.717) is 18.9 Å². The summed E-state index contributed by atoms with van der Waals surface area (Å²) in [5.74, 6) is 0.247. The number of nitrogens with zero attached hydrogens (tertiary/aromatic N) is 1. The fourth-order valence-corrected chi connectivity index (χ4v) is 2.85. The van der Waals surface area contributed by atoms with E-state index >= 15 is 0 Å². The van der Waals surface area contributed by atoms with Gasteiger partial charge in [-0.05, 0) is 13.8 Å². The molecule has 2 N–H and O–H groups in total. The first kappa shape index (κ1) is 15.1. The third-order valence-corrected chi connectivity index (χ3v) is 3.65. The monoisotopic (exact) mass is 276 g/mol. The Kier molecular flexibility index (Phi) is 5.28. The van der Waals surface area contributed by atoms with Gasteiger partial charge in [0, 0.05) is 25.2 Å². The zero-order valence-corrected chi connectivity index (χ0v) is 11.7. The van der Waals surface area contributed by atoms with Gasteiger partial charge in [0.1, 0.15) is 6.04 Å². The van der Waals surface area contributed by atoms with Crippen LogP contribution < -0.4 is 5.32 Å². The van der Waals surface area contributed by atoms with Crippen LogP contribution in [0.5, 0.6) is 0 Å². The smallest absolute Gasteiger partial charge is 0.327 e. The van der Waals surface area contributed by atoms with Crippen LogP contribution in [0.25, 0.3) is 0 Å². The Morgan fingerprint density at radius 2 is 2.22 bits per heavy atom. The fraction of sp³-hybridized carbons (Fsp3) is 0.818. The lowest BCUT2D eigenvalue weighted by Crippen LogP contribution is -2.58. The molecule has 1 unspecified atom stereocenters. The molecule has 0 aromatic rings. The second kappa shape index (κ2) is 6.29. The highest BCUT2D eigenvalue weighted by Crippen LogP contribution is 2.17. The standard InChI is InChI=1S/C11H20N2O4S/c1-11(2,7-17-3)12-10(16)13-4-5-18-6-8(13)9(14)15/h8H,4-7H2,1-3H3,(H,12,16)(H,14,15). The number of urea groups is 1. The predicted octanol–water partition coefficient (Wildman–Crippen LogP) is 0.623. The molecule has 1 fully saturated rings. The summed E-state index contributed by atoms with van der Waals surface area (Å²) in [5, 5.41) is 11.9. The lowest BCUT2D eigenvalue weighted by Gasteiger charge is -2.35. The van der Waals surface area contributed by atoms with Crippen molar-refractivity contribution in [2.24, 2.45) is 0 Å². The Morgan fingerprint density at radius 3 is 2.78 bits per heavy atom. The minimum atomic E-state index is -0.957. The molecule has 1 atom stereocenters. The SMILES string of the molecule is COCC(C)(C)NC(=O)N1CCSCC1C(=O)O. The van der Waals surface area contributed by atoms with Crippen molar-refractivity contribution in [1.29, 1.82) is 0 Å². The van der Waals surface area contributed by atoms with E-state index in [-0.39, 0.29) is 6.03 Å². The first-order valence-electron chi connectivity index (χ1n) is 5.75. The van der Waals surface area contributed by atoms with Gasteiger partial charge in [0.15, 0.2) is 0 Å². The third-order valence-electron chi connectivity index (χ3n) is 2.62. The largest absolute Gasteiger partial charge is 0.480 e. The van der Waals surface area contributed by atoms with Gasteiger partial charge in [0.05, 0.1) is 12.1 Å². The predicted molar refractivity (Wildman–Crippen MR) is 69.9 cm³/mol. The van der Waals surface area contributed by atoms with Gasteiger partial charge in [-0.25, -0.2) is 9.59 Å². The number of carbonyl (C=O) groups is 2. The number of ether oxygens (including phenoxy) is 1. The Labute approximate surface area is 111 Å². The van der Waals surface area contributed by atoms with Gasteiger partial charge in [0.2, 0.25) is 0 Å². The molecule has 0 saturated carbocycles. The summed E-state index contributed by atoms with van der Waals surface area (Å²) >= 11 is 1.55. The summed E-state index contributed by atoms with van der Waals surface area (Å²) in [5.41, 5.74) is -0.514. The molecule has 2 amide bonds. The van der Waals surface area contributed by atoms with Crippen LogP contribution in [0.2, 0.25) is 0 Å². The Balaban J connectivity index is 2.66. The average molecular weight is 276 g/mol. The van der Waals surface area contributed by atoms with Crippen molar-refractivity contribution >= 4 is 23.8 Å². The summed E-state index contributed by atoms with van der Waals surface area (Å²) in [4.78, 5) is 24.6. The normalized spacial score (nSPS) is 20.6. The molecule has 7 heteroatoms. The van der Waals surface area contributed by atoms with Crippen molar-refractivity contribution in [3.8, 4) is 0 Å². The molecule has 1 rings (SSSR count). The quantitative estimate of drug-likeness (QED) is 0.787. The van der Waals surface area contributed by atoms with E-state index in [2.05, 4.69) is 5.32 Å². The van der Waals surface area contributed by atoms with Crippen molar-refractivity contribution in [2.75, 3.05) is 31.8 Å². The summed E-state index contributed by atoms with van der Waals surface area (Å²) in [7, 11) is 1.56.